The number of para-hydroxylation sites is 1. The second-order valence-corrected chi connectivity index (χ2v) is 5.91. The molecule has 0 aliphatic carbocycles. The lowest BCUT2D eigenvalue weighted by atomic mass is 10.2. The molecule has 0 saturated heterocycles. The number of nitrogens with one attached hydrogen (secondary N) is 1. The Balaban J connectivity index is 1.82. The zero-order valence-corrected chi connectivity index (χ0v) is 11.9. The molecule has 1 heterocycles. The van der Waals surface area contributed by atoms with Gasteiger partial charge in [-0.2, -0.15) is 11.8 Å². The summed E-state index contributed by atoms with van der Waals surface area (Å²) in [6.45, 7) is 5.25. The van der Waals surface area contributed by atoms with Gasteiger partial charge in [-0.25, -0.2) is 0 Å². The van der Waals surface area contributed by atoms with E-state index in [1.54, 1.807) is 0 Å². The van der Waals surface area contributed by atoms with Gasteiger partial charge in [0.25, 0.3) is 0 Å². The lowest BCUT2D eigenvalue weighted by Crippen LogP contribution is -2.25. The summed E-state index contributed by atoms with van der Waals surface area (Å²) in [4.78, 5) is 0. The third-order valence-electron chi connectivity index (χ3n) is 3.00. The number of fused-ring (bicyclic) bond motifs is 1. The van der Waals surface area contributed by atoms with Crippen molar-refractivity contribution in [2.45, 2.75) is 32.9 Å². The molecule has 0 bridgehead atoms. The summed E-state index contributed by atoms with van der Waals surface area (Å²) in [5.41, 5.74) is 0.975. The molecule has 2 rings (SSSR count). The zero-order chi connectivity index (χ0) is 12.8. The van der Waals surface area contributed by atoms with Crippen LogP contribution in [0, 0.1) is 0 Å². The second kappa shape index (κ2) is 6.86. The average molecular weight is 263 g/mol. The van der Waals surface area contributed by atoms with Crippen molar-refractivity contribution in [2.75, 3.05) is 11.5 Å². The monoisotopic (exact) mass is 263 g/mol. The summed E-state index contributed by atoms with van der Waals surface area (Å²) >= 11 is 2.00. The fourth-order valence-electron chi connectivity index (χ4n) is 1.91. The van der Waals surface area contributed by atoms with Gasteiger partial charge in [0.2, 0.25) is 0 Å². The van der Waals surface area contributed by atoms with Crippen LogP contribution in [-0.4, -0.2) is 17.5 Å². The van der Waals surface area contributed by atoms with Crippen LogP contribution in [0.25, 0.3) is 11.0 Å². The van der Waals surface area contributed by atoms with E-state index in [2.05, 4.69) is 31.3 Å². The summed E-state index contributed by atoms with van der Waals surface area (Å²) in [6.07, 6.45) is 1.21. The number of hydrogen-bond donors (Lipinski definition) is 1. The lowest BCUT2D eigenvalue weighted by molar-refractivity contribution is 0.469. The minimum absolute atomic E-state index is 0.539. The molecule has 18 heavy (non-hydrogen) atoms. The highest BCUT2D eigenvalue weighted by atomic mass is 32.2. The topological polar surface area (TPSA) is 25.2 Å². The van der Waals surface area contributed by atoms with Gasteiger partial charge in [0.05, 0.1) is 6.54 Å². The average Bonchev–Trinajstić information content (AvgIpc) is 2.79. The maximum atomic E-state index is 5.78. The van der Waals surface area contributed by atoms with Crippen LogP contribution in [0.4, 0.5) is 0 Å². The van der Waals surface area contributed by atoms with Crippen molar-refractivity contribution in [2.24, 2.45) is 0 Å². The first-order valence-corrected chi connectivity index (χ1v) is 7.73. The summed E-state index contributed by atoms with van der Waals surface area (Å²) in [5.74, 6) is 3.45. The Kier molecular flexibility index (Phi) is 5.14. The van der Waals surface area contributed by atoms with Crippen LogP contribution < -0.4 is 5.32 Å². The van der Waals surface area contributed by atoms with Crippen LogP contribution in [-0.2, 0) is 6.54 Å². The van der Waals surface area contributed by atoms with Gasteiger partial charge in [-0.15, -0.1) is 0 Å². The van der Waals surface area contributed by atoms with Crippen LogP contribution in [0.2, 0.25) is 0 Å². The SMILES string of the molecule is CCSCCC(C)NCc1cc2ccccc2o1. The molecule has 0 radical (unpaired) electrons. The van der Waals surface area contributed by atoms with Crippen molar-refractivity contribution in [3.63, 3.8) is 0 Å². The molecule has 0 amide bonds. The van der Waals surface area contributed by atoms with Gasteiger partial charge in [-0.05, 0) is 37.0 Å². The summed E-state index contributed by atoms with van der Waals surface area (Å²) in [7, 11) is 0. The fraction of sp³-hybridized carbons (Fsp3) is 0.467. The van der Waals surface area contributed by atoms with Gasteiger partial charge in [-0.1, -0.05) is 25.1 Å². The molecule has 0 fully saturated rings. The number of thioether (sulfide) groups is 1. The van der Waals surface area contributed by atoms with Gasteiger partial charge in [0, 0.05) is 11.4 Å². The van der Waals surface area contributed by atoms with Gasteiger partial charge < -0.3 is 9.73 Å². The third kappa shape index (κ3) is 3.79. The molecule has 2 nitrogen and oxygen atoms in total. The van der Waals surface area contributed by atoms with E-state index in [-0.39, 0.29) is 0 Å². The van der Waals surface area contributed by atoms with Crippen LogP contribution in [0.1, 0.15) is 26.0 Å². The van der Waals surface area contributed by atoms with E-state index in [0.717, 1.165) is 17.9 Å². The minimum atomic E-state index is 0.539. The highest BCUT2D eigenvalue weighted by Gasteiger charge is 2.05. The first-order chi connectivity index (χ1) is 8.79. The van der Waals surface area contributed by atoms with E-state index >= 15 is 0 Å². The molecule has 1 N–H and O–H groups in total. The fourth-order valence-corrected chi connectivity index (χ4v) is 2.71. The Hall–Kier alpha value is -0.930. The van der Waals surface area contributed by atoms with Crippen LogP contribution in [0.3, 0.4) is 0 Å². The van der Waals surface area contributed by atoms with Crippen molar-refractivity contribution < 1.29 is 4.42 Å². The lowest BCUT2D eigenvalue weighted by Gasteiger charge is -2.11. The number of rotatable bonds is 7. The molecule has 2 aromatic rings. The first-order valence-electron chi connectivity index (χ1n) is 6.58. The van der Waals surface area contributed by atoms with Crippen molar-refractivity contribution in [3.05, 3.63) is 36.1 Å². The largest absolute Gasteiger partial charge is 0.460 e. The predicted octanol–water partition coefficient (Wildman–Crippen LogP) is 4.05. The van der Waals surface area contributed by atoms with Crippen molar-refractivity contribution >= 4 is 22.7 Å². The molecular formula is C15H21NOS. The molecule has 3 heteroatoms. The Labute approximate surface area is 113 Å². The first kappa shape index (κ1) is 13.5. The number of furan rings is 1. The molecule has 1 aromatic heterocycles. The number of hydrogen-bond acceptors (Lipinski definition) is 3. The van der Waals surface area contributed by atoms with Crippen LogP contribution >= 0.6 is 11.8 Å². The predicted molar refractivity (Wildman–Crippen MR) is 80.1 cm³/mol. The maximum absolute atomic E-state index is 5.78. The summed E-state index contributed by atoms with van der Waals surface area (Å²) < 4.78 is 5.78. The minimum Gasteiger partial charge on any atom is -0.460 e. The van der Waals surface area contributed by atoms with Gasteiger partial charge >= 0.3 is 0 Å². The number of benzene rings is 1. The smallest absolute Gasteiger partial charge is 0.134 e. The highest BCUT2D eigenvalue weighted by molar-refractivity contribution is 7.99. The van der Waals surface area contributed by atoms with E-state index in [1.807, 2.05) is 30.0 Å². The quantitative estimate of drug-likeness (QED) is 0.763. The second-order valence-electron chi connectivity index (χ2n) is 4.52. The van der Waals surface area contributed by atoms with E-state index in [9.17, 15) is 0 Å². The molecule has 0 aliphatic rings. The third-order valence-corrected chi connectivity index (χ3v) is 3.93. The van der Waals surface area contributed by atoms with E-state index in [1.165, 1.54) is 23.3 Å². The molecule has 0 saturated carbocycles. The Morgan fingerprint density at radius 1 is 1.33 bits per heavy atom. The summed E-state index contributed by atoms with van der Waals surface area (Å²) in [6, 6.07) is 10.8. The van der Waals surface area contributed by atoms with Crippen LogP contribution in [0.5, 0.6) is 0 Å². The standard InChI is InChI=1S/C15H21NOS/c1-3-18-9-8-12(2)16-11-14-10-13-6-4-5-7-15(13)17-14/h4-7,10,12,16H,3,8-9,11H2,1-2H3. The van der Waals surface area contributed by atoms with Gasteiger partial charge in [0.1, 0.15) is 11.3 Å². The van der Waals surface area contributed by atoms with E-state index in [4.69, 9.17) is 4.42 Å². The van der Waals surface area contributed by atoms with Crippen molar-refractivity contribution in [3.8, 4) is 0 Å². The molecular weight excluding hydrogens is 242 g/mol. The van der Waals surface area contributed by atoms with Gasteiger partial charge in [0.15, 0.2) is 0 Å². The Morgan fingerprint density at radius 3 is 2.94 bits per heavy atom. The molecule has 0 aliphatic heterocycles. The molecule has 0 spiro atoms. The molecule has 98 valence electrons. The summed E-state index contributed by atoms with van der Waals surface area (Å²) in [5, 5.41) is 4.70. The van der Waals surface area contributed by atoms with Crippen LogP contribution in [0.15, 0.2) is 34.7 Å². The van der Waals surface area contributed by atoms with Gasteiger partial charge in [-0.3, -0.25) is 0 Å². The van der Waals surface area contributed by atoms with E-state index < -0.39 is 0 Å². The Morgan fingerprint density at radius 2 is 2.17 bits per heavy atom. The zero-order valence-electron chi connectivity index (χ0n) is 11.1. The highest BCUT2D eigenvalue weighted by Crippen LogP contribution is 2.18. The molecule has 1 unspecified atom stereocenters. The molecule has 1 atom stereocenters. The van der Waals surface area contributed by atoms with Crippen molar-refractivity contribution in [1.29, 1.82) is 0 Å². The Bertz CT molecular complexity index is 447. The van der Waals surface area contributed by atoms with E-state index in [0.29, 0.717) is 6.04 Å². The van der Waals surface area contributed by atoms with Crippen molar-refractivity contribution in [1.82, 2.24) is 5.32 Å². The normalized spacial score (nSPS) is 13.0. The maximum Gasteiger partial charge on any atom is 0.134 e. The molecule has 1 aromatic carbocycles.